The Morgan fingerprint density at radius 1 is 1.29 bits per heavy atom. The first-order chi connectivity index (χ1) is 8.14. The van der Waals surface area contributed by atoms with Crippen molar-refractivity contribution in [1.29, 1.82) is 0 Å². The lowest BCUT2D eigenvalue weighted by Gasteiger charge is -2.52. The molecule has 1 aliphatic rings. The molecular weight excluding hydrogens is 212 g/mol. The number of aryl methyl sites for hydroxylation is 1. The molecule has 1 aromatic carbocycles. The highest BCUT2D eigenvalue weighted by Crippen LogP contribution is 2.49. The number of hydrogen-bond acceptors (Lipinski definition) is 2. The first-order valence-corrected chi connectivity index (χ1v) is 6.54. The van der Waals surface area contributed by atoms with Crippen molar-refractivity contribution >= 4 is 0 Å². The van der Waals surface area contributed by atoms with Crippen LogP contribution in [0.25, 0.3) is 0 Å². The summed E-state index contributed by atoms with van der Waals surface area (Å²) >= 11 is 0. The molecule has 17 heavy (non-hydrogen) atoms. The van der Waals surface area contributed by atoms with E-state index in [1.165, 1.54) is 0 Å². The van der Waals surface area contributed by atoms with Crippen LogP contribution in [0.2, 0.25) is 0 Å². The second kappa shape index (κ2) is 4.69. The molecule has 2 atom stereocenters. The SMILES string of the molecule is CCC1(CC)C(O)CC1Oc1ccccc1C. The average molecular weight is 234 g/mol. The molecule has 1 aromatic rings. The van der Waals surface area contributed by atoms with Gasteiger partial charge in [0.15, 0.2) is 0 Å². The number of ether oxygens (including phenoxy) is 1. The molecule has 0 spiro atoms. The van der Waals surface area contributed by atoms with E-state index in [0.29, 0.717) is 0 Å². The number of para-hydroxylation sites is 1. The summed E-state index contributed by atoms with van der Waals surface area (Å²) in [7, 11) is 0. The maximum Gasteiger partial charge on any atom is 0.122 e. The third kappa shape index (κ3) is 1.95. The smallest absolute Gasteiger partial charge is 0.122 e. The first kappa shape index (κ1) is 12.4. The zero-order chi connectivity index (χ0) is 12.5. The molecule has 1 N–H and O–H groups in total. The van der Waals surface area contributed by atoms with Gasteiger partial charge in [0.05, 0.1) is 6.10 Å². The van der Waals surface area contributed by atoms with Gasteiger partial charge in [0.2, 0.25) is 0 Å². The number of aliphatic hydroxyl groups is 1. The summed E-state index contributed by atoms with van der Waals surface area (Å²) in [5.41, 5.74) is 1.12. The van der Waals surface area contributed by atoms with E-state index in [0.717, 1.165) is 30.6 Å². The quantitative estimate of drug-likeness (QED) is 0.866. The van der Waals surface area contributed by atoms with Crippen molar-refractivity contribution in [2.24, 2.45) is 5.41 Å². The van der Waals surface area contributed by atoms with Gasteiger partial charge in [-0.05, 0) is 31.4 Å². The molecule has 94 valence electrons. The zero-order valence-corrected chi connectivity index (χ0v) is 10.9. The molecule has 2 heteroatoms. The molecule has 2 rings (SSSR count). The monoisotopic (exact) mass is 234 g/mol. The van der Waals surface area contributed by atoms with Gasteiger partial charge >= 0.3 is 0 Å². The standard InChI is InChI=1S/C15H22O2/c1-4-15(5-2)13(16)10-14(15)17-12-9-7-6-8-11(12)3/h6-9,13-14,16H,4-5,10H2,1-3H3. The molecule has 0 amide bonds. The highest BCUT2D eigenvalue weighted by Gasteiger charge is 2.53. The number of hydrogen-bond donors (Lipinski definition) is 1. The van der Waals surface area contributed by atoms with Crippen LogP contribution in [0.1, 0.15) is 38.7 Å². The van der Waals surface area contributed by atoms with Crippen LogP contribution >= 0.6 is 0 Å². The Morgan fingerprint density at radius 3 is 2.47 bits per heavy atom. The minimum Gasteiger partial charge on any atom is -0.489 e. The number of aliphatic hydroxyl groups excluding tert-OH is 1. The molecule has 1 fully saturated rings. The van der Waals surface area contributed by atoms with Gasteiger partial charge in [0, 0.05) is 11.8 Å². The molecule has 0 aromatic heterocycles. The molecule has 1 aliphatic carbocycles. The van der Waals surface area contributed by atoms with Crippen LogP contribution in [0.3, 0.4) is 0 Å². The normalized spacial score (nSPS) is 26.4. The summed E-state index contributed by atoms with van der Waals surface area (Å²) in [5, 5.41) is 10.00. The van der Waals surface area contributed by atoms with E-state index >= 15 is 0 Å². The lowest BCUT2D eigenvalue weighted by molar-refractivity contribution is -0.159. The Balaban J connectivity index is 2.13. The fourth-order valence-electron chi connectivity index (χ4n) is 2.91. The van der Waals surface area contributed by atoms with Gasteiger partial charge < -0.3 is 9.84 Å². The molecule has 0 heterocycles. The third-order valence-corrected chi connectivity index (χ3v) is 4.42. The van der Waals surface area contributed by atoms with Crippen molar-refractivity contribution < 1.29 is 9.84 Å². The molecule has 0 saturated heterocycles. The lowest BCUT2D eigenvalue weighted by Crippen LogP contribution is -2.59. The summed E-state index contributed by atoms with van der Waals surface area (Å²) < 4.78 is 6.09. The van der Waals surface area contributed by atoms with Crippen LogP contribution in [-0.4, -0.2) is 17.3 Å². The lowest BCUT2D eigenvalue weighted by atomic mass is 9.60. The minimum atomic E-state index is -0.202. The third-order valence-electron chi connectivity index (χ3n) is 4.42. The van der Waals surface area contributed by atoms with Gasteiger partial charge in [-0.3, -0.25) is 0 Å². The molecule has 2 nitrogen and oxygen atoms in total. The van der Waals surface area contributed by atoms with Gasteiger partial charge in [0.1, 0.15) is 11.9 Å². The zero-order valence-electron chi connectivity index (χ0n) is 10.9. The van der Waals surface area contributed by atoms with Gasteiger partial charge in [-0.15, -0.1) is 0 Å². The van der Waals surface area contributed by atoms with Crippen LogP contribution in [0.5, 0.6) is 5.75 Å². The molecule has 0 bridgehead atoms. The van der Waals surface area contributed by atoms with E-state index in [1.807, 2.05) is 18.2 Å². The fraction of sp³-hybridized carbons (Fsp3) is 0.600. The van der Waals surface area contributed by atoms with E-state index in [1.54, 1.807) is 0 Å². The van der Waals surface area contributed by atoms with Gasteiger partial charge in [0.25, 0.3) is 0 Å². The first-order valence-electron chi connectivity index (χ1n) is 6.54. The van der Waals surface area contributed by atoms with Crippen molar-refractivity contribution in [3.05, 3.63) is 29.8 Å². The van der Waals surface area contributed by atoms with Crippen molar-refractivity contribution in [1.82, 2.24) is 0 Å². The van der Waals surface area contributed by atoms with E-state index in [4.69, 9.17) is 4.74 Å². The predicted octanol–water partition coefficient (Wildman–Crippen LogP) is 3.31. The largest absolute Gasteiger partial charge is 0.489 e. The Kier molecular flexibility index (Phi) is 3.43. The number of benzene rings is 1. The van der Waals surface area contributed by atoms with Gasteiger partial charge in [-0.25, -0.2) is 0 Å². The minimum absolute atomic E-state index is 0.0394. The molecular formula is C15H22O2. The summed E-state index contributed by atoms with van der Waals surface area (Å²) in [5.74, 6) is 0.954. The molecule has 0 aliphatic heterocycles. The van der Waals surface area contributed by atoms with E-state index in [2.05, 4.69) is 26.8 Å². The maximum atomic E-state index is 10.00. The highest BCUT2D eigenvalue weighted by atomic mass is 16.5. The van der Waals surface area contributed by atoms with Crippen molar-refractivity contribution in [3.63, 3.8) is 0 Å². The Morgan fingerprint density at radius 2 is 1.94 bits per heavy atom. The summed E-state index contributed by atoms with van der Waals surface area (Å²) in [6, 6.07) is 8.09. The molecule has 2 unspecified atom stereocenters. The molecule has 0 radical (unpaired) electrons. The molecule has 1 saturated carbocycles. The average Bonchev–Trinajstić information content (AvgIpc) is 2.33. The van der Waals surface area contributed by atoms with Gasteiger partial charge in [-0.2, -0.15) is 0 Å². The van der Waals surface area contributed by atoms with Crippen LogP contribution in [-0.2, 0) is 0 Å². The Hall–Kier alpha value is -1.02. The Labute approximate surface area is 104 Å². The summed E-state index contributed by atoms with van der Waals surface area (Å²) in [6.45, 7) is 6.34. The van der Waals surface area contributed by atoms with Gasteiger partial charge in [-0.1, -0.05) is 32.0 Å². The van der Waals surface area contributed by atoms with E-state index < -0.39 is 0 Å². The van der Waals surface area contributed by atoms with Crippen LogP contribution < -0.4 is 4.74 Å². The second-order valence-electron chi connectivity index (χ2n) is 5.06. The van der Waals surface area contributed by atoms with Crippen LogP contribution in [0.4, 0.5) is 0 Å². The maximum absolute atomic E-state index is 10.00. The Bertz CT molecular complexity index is 382. The highest BCUT2D eigenvalue weighted by molar-refractivity contribution is 5.32. The van der Waals surface area contributed by atoms with Crippen molar-refractivity contribution in [2.45, 2.75) is 52.2 Å². The second-order valence-corrected chi connectivity index (χ2v) is 5.06. The van der Waals surface area contributed by atoms with Crippen molar-refractivity contribution in [2.75, 3.05) is 0 Å². The predicted molar refractivity (Wildman–Crippen MR) is 69.2 cm³/mol. The topological polar surface area (TPSA) is 29.5 Å². The number of rotatable bonds is 4. The van der Waals surface area contributed by atoms with Crippen LogP contribution in [0.15, 0.2) is 24.3 Å². The van der Waals surface area contributed by atoms with E-state index in [-0.39, 0.29) is 17.6 Å². The fourth-order valence-corrected chi connectivity index (χ4v) is 2.91. The van der Waals surface area contributed by atoms with E-state index in [9.17, 15) is 5.11 Å². The summed E-state index contributed by atoms with van der Waals surface area (Å²) in [6.07, 6.45) is 2.67. The summed E-state index contributed by atoms with van der Waals surface area (Å²) in [4.78, 5) is 0. The van der Waals surface area contributed by atoms with Crippen LogP contribution in [0, 0.1) is 12.3 Å². The van der Waals surface area contributed by atoms with Crippen molar-refractivity contribution in [3.8, 4) is 5.75 Å².